The lowest BCUT2D eigenvalue weighted by Crippen LogP contribution is -2.61. The Balaban J connectivity index is 1.08. The predicted octanol–water partition coefficient (Wildman–Crippen LogP) is 5.27. The lowest BCUT2D eigenvalue weighted by Gasteiger charge is -2.40. The standard InChI is InChI=1S/C41H46ClN9O5/c1-23-26(9-8-12-29(23)45-35-33-36(44-24(2)43-35)48(3)40(54)49(4)38(33)52)27-10-7-11-28(34(27)42)30-21-25-13-14-31(32(25)37(46-30)56-6)51-18-16-41(22-51)15-17-50(19-20-55-5)39(53)47-41/h7-12,21,31H,13-20,22H2,1-6H3,(H,47,53)(H,43,44,45)/t31-,41-/m0/s1. The number of fused-ring (bicyclic) bond motifs is 2. The fourth-order valence-electron chi connectivity index (χ4n) is 8.74. The number of pyridine rings is 1. The van der Waals surface area contributed by atoms with Crippen molar-refractivity contribution >= 4 is 40.2 Å². The van der Waals surface area contributed by atoms with Crippen LogP contribution in [0.1, 0.15) is 47.8 Å². The zero-order valence-electron chi connectivity index (χ0n) is 32.5. The molecule has 2 fully saturated rings. The van der Waals surface area contributed by atoms with Crippen molar-refractivity contribution < 1.29 is 14.3 Å². The molecule has 5 heterocycles. The molecular weight excluding hydrogens is 734 g/mol. The molecule has 5 aromatic rings. The second kappa shape index (κ2) is 14.6. The Morgan fingerprint density at radius 1 is 0.964 bits per heavy atom. The number of benzene rings is 2. The van der Waals surface area contributed by atoms with Crippen LogP contribution in [0, 0.1) is 13.8 Å². The van der Waals surface area contributed by atoms with Gasteiger partial charge in [0, 0.05) is 75.8 Å². The van der Waals surface area contributed by atoms with Gasteiger partial charge in [-0.05, 0) is 68.4 Å². The fourth-order valence-corrected chi connectivity index (χ4v) is 9.06. The zero-order chi connectivity index (χ0) is 39.5. The Hall–Kier alpha value is -5.31. The average molecular weight is 780 g/mol. The van der Waals surface area contributed by atoms with Gasteiger partial charge in [-0.15, -0.1) is 0 Å². The van der Waals surface area contributed by atoms with E-state index in [1.807, 2.05) is 48.2 Å². The van der Waals surface area contributed by atoms with Crippen molar-refractivity contribution in [3.8, 4) is 28.3 Å². The van der Waals surface area contributed by atoms with Crippen molar-refractivity contribution in [1.29, 1.82) is 0 Å². The van der Waals surface area contributed by atoms with Gasteiger partial charge in [-0.2, -0.15) is 0 Å². The van der Waals surface area contributed by atoms with Gasteiger partial charge in [0.05, 0.1) is 30.0 Å². The average Bonchev–Trinajstić information content (AvgIpc) is 3.80. The number of hydrogen-bond acceptors (Lipinski definition) is 10. The lowest BCUT2D eigenvalue weighted by atomic mass is 9.92. The Kier molecular flexibility index (Phi) is 9.83. The van der Waals surface area contributed by atoms with Crippen molar-refractivity contribution in [3.05, 3.63) is 90.8 Å². The number of likely N-dealkylation sites (tertiary alicyclic amines) is 1. The SMILES string of the molecule is COCCN1CC[C@@]2(CCN([C@H]3CCc4cc(-c5cccc(-c6cccc(Nc7nc(C)nc8c7c(=O)n(C)c(=O)n8C)c6C)c5Cl)nc(OC)c43)C2)NC1=O. The quantitative estimate of drug-likeness (QED) is 0.203. The molecule has 1 spiro atoms. The van der Waals surface area contributed by atoms with Gasteiger partial charge in [0.15, 0.2) is 5.65 Å². The number of ether oxygens (including phenoxy) is 2. The number of hydrogen-bond donors (Lipinski definition) is 2. The molecule has 1 aliphatic carbocycles. The highest BCUT2D eigenvalue weighted by atomic mass is 35.5. The van der Waals surface area contributed by atoms with E-state index in [1.165, 1.54) is 17.2 Å². The molecule has 8 rings (SSSR count). The fraction of sp³-hybridized carbons (Fsp3) is 0.415. The third kappa shape index (κ3) is 6.39. The maximum atomic E-state index is 13.3. The molecule has 56 heavy (non-hydrogen) atoms. The summed E-state index contributed by atoms with van der Waals surface area (Å²) in [5, 5.41) is 7.48. The number of nitrogens with zero attached hydrogens (tertiary/aromatic N) is 7. The minimum atomic E-state index is -0.480. The molecule has 15 heteroatoms. The van der Waals surface area contributed by atoms with E-state index in [-0.39, 0.29) is 28.6 Å². The van der Waals surface area contributed by atoms with Crippen molar-refractivity contribution in [2.24, 2.45) is 14.1 Å². The van der Waals surface area contributed by atoms with Gasteiger partial charge < -0.3 is 25.0 Å². The number of aryl methyl sites for hydroxylation is 3. The van der Waals surface area contributed by atoms with Crippen LogP contribution in [0.15, 0.2) is 52.1 Å². The Morgan fingerprint density at radius 3 is 2.48 bits per heavy atom. The molecule has 0 unspecified atom stereocenters. The van der Waals surface area contributed by atoms with E-state index >= 15 is 0 Å². The second-order valence-corrected chi connectivity index (χ2v) is 15.5. The molecule has 2 aliphatic heterocycles. The largest absolute Gasteiger partial charge is 0.481 e. The van der Waals surface area contributed by atoms with Gasteiger partial charge in [-0.3, -0.25) is 18.8 Å². The third-order valence-electron chi connectivity index (χ3n) is 11.8. The number of rotatable bonds is 9. The number of carbonyl (C=O) groups excluding carboxylic acids is 1. The van der Waals surface area contributed by atoms with Crippen LogP contribution in [0.2, 0.25) is 5.02 Å². The molecule has 0 radical (unpaired) electrons. The molecule has 292 valence electrons. The smallest absolute Gasteiger partial charge is 0.332 e. The zero-order valence-corrected chi connectivity index (χ0v) is 33.3. The van der Waals surface area contributed by atoms with Crippen LogP contribution in [-0.4, -0.2) is 92.5 Å². The normalized spacial score (nSPS) is 19.5. The van der Waals surface area contributed by atoms with Crippen molar-refractivity contribution in [2.75, 3.05) is 52.3 Å². The molecule has 3 aliphatic rings. The van der Waals surface area contributed by atoms with Crippen LogP contribution in [0.3, 0.4) is 0 Å². The van der Waals surface area contributed by atoms with E-state index in [4.69, 9.17) is 26.1 Å². The Labute approximate surface area is 329 Å². The van der Waals surface area contributed by atoms with Gasteiger partial charge in [0.2, 0.25) is 5.88 Å². The van der Waals surface area contributed by atoms with E-state index < -0.39 is 11.2 Å². The highest BCUT2D eigenvalue weighted by Gasteiger charge is 2.46. The summed E-state index contributed by atoms with van der Waals surface area (Å²) in [6.07, 6.45) is 3.63. The maximum absolute atomic E-state index is 13.3. The summed E-state index contributed by atoms with van der Waals surface area (Å²) in [6, 6.07) is 14.1. The first-order valence-corrected chi connectivity index (χ1v) is 19.3. The van der Waals surface area contributed by atoms with Crippen molar-refractivity contribution in [2.45, 2.75) is 51.1 Å². The molecule has 2 N–H and O–H groups in total. The summed E-state index contributed by atoms with van der Waals surface area (Å²) in [5.74, 6) is 1.33. The summed E-state index contributed by atoms with van der Waals surface area (Å²) in [7, 11) is 6.35. The topological polar surface area (TPSA) is 149 Å². The Morgan fingerprint density at radius 2 is 1.71 bits per heavy atom. The van der Waals surface area contributed by atoms with Gasteiger partial charge in [-0.1, -0.05) is 41.9 Å². The van der Waals surface area contributed by atoms with Crippen LogP contribution in [0.4, 0.5) is 16.3 Å². The predicted molar refractivity (Wildman–Crippen MR) is 216 cm³/mol. The van der Waals surface area contributed by atoms with Crippen molar-refractivity contribution in [1.82, 2.24) is 39.2 Å². The molecule has 14 nitrogen and oxygen atoms in total. The van der Waals surface area contributed by atoms with Gasteiger partial charge in [0.1, 0.15) is 17.0 Å². The number of aromatic nitrogens is 5. The first kappa shape index (κ1) is 37.6. The molecule has 0 saturated carbocycles. The van der Waals surface area contributed by atoms with Gasteiger partial charge in [0.25, 0.3) is 5.56 Å². The minimum absolute atomic E-state index is 0.0150. The number of urea groups is 1. The number of anilines is 2. The number of halogens is 1. The monoisotopic (exact) mass is 779 g/mol. The van der Waals surface area contributed by atoms with Gasteiger partial charge >= 0.3 is 11.7 Å². The minimum Gasteiger partial charge on any atom is -0.481 e. The first-order chi connectivity index (χ1) is 26.9. The van der Waals surface area contributed by atoms with E-state index in [0.717, 1.165) is 89.1 Å². The van der Waals surface area contributed by atoms with E-state index in [9.17, 15) is 14.4 Å². The highest BCUT2D eigenvalue weighted by Crippen LogP contribution is 2.47. The van der Waals surface area contributed by atoms with Crippen LogP contribution >= 0.6 is 11.6 Å². The van der Waals surface area contributed by atoms with Crippen LogP contribution < -0.4 is 26.6 Å². The molecular formula is C41H46ClN9O5. The van der Waals surface area contributed by atoms with E-state index in [2.05, 4.69) is 31.6 Å². The second-order valence-electron chi connectivity index (χ2n) is 15.1. The molecule has 0 bridgehead atoms. The lowest BCUT2D eigenvalue weighted by molar-refractivity contribution is 0.114. The highest BCUT2D eigenvalue weighted by molar-refractivity contribution is 6.36. The molecule has 2 aromatic carbocycles. The molecule has 2 saturated heterocycles. The third-order valence-corrected chi connectivity index (χ3v) is 12.2. The number of carbonyl (C=O) groups is 1. The summed E-state index contributed by atoms with van der Waals surface area (Å²) in [5.41, 5.74) is 6.24. The van der Waals surface area contributed by atoms with E-state index in [1.54, 1.807) is 28.2 Å². The molecule has 2 atom stereocenters. The van der Waals surface area contributed by atoms with Crippen molar-refractivity contribution in [3.63, 3.8) is 0 Å². The first-order valence-electron chi connectivity index (χ1n) is 18.9. The summed E-state index contributed by atoms with van der Waals surface area (Å²) in [6.45, 7) is 7.23. The van der Waals surface area contributed by atoms with E-state index in [0.29, 0.717) is 35.7 Å². The number of amides is 2. The maximum Gasteiger partial charge on any atom is 0.332 e. The van der Waals surface area contributed by atoms with Gasteiger partial charge in [-0.25, -0.2) is 24.5 Å². The summed E-state index contributed by atoms with van der Waals surface area (Å²) >= 11 is 7.29. The summed E-state index contributed by atoms with van der Waals surface area (Å²) < 4.78 is 13.6. The molecule has 3 aromatic heterocycles. The van der Waals surface area contributed by atoms with Crippen LogP contribution in [-0.2, 0) is 25.3 Å². The number of nitrogens with one attached hydrogen (secondary N) is 2. The van der Waals surface area contributed by atoms with Crippen LogP contribution in [0.5, 0.6) is 5.88 Å². The Bertz CT molecular complexity index is 2520. The molecule has 2 amide bonds. The number of methoxy groups -OCH3 is 2. The summed E-state index contributed by atoms with van der Waals surface area (Å²) in [4.78, 5) is 57.3. The van der Waals surface area contributed by atoms with Crippen LogP contribution in [0.25, 0.3) is 33.4 Å².